The summed E-state index contributed by atoms with van der Waals surface area (Å²) >= 11 is 0. The fourth-order valence-electron chi connectivity index (χ4n) is 4.00. The molecule has 1 aromatic heterocycles. The van der Waals surface area contributed by atoms with Crippen molar-refractivity contribution in [2.45, 2.75) is 32.6 Å². The molecule has 2 N–H and O–H groups in total. The lowest BCUT2D eigenvalue weighted by molar-refractivity contribution is 0.0205. The molecule has 180 valence electrons. The highest BCUT2D eigenvalue weighted by Gasteiger charge is 2.18. The van der Waals surface area contributed by atoms with Crippen LogP contribution in [0.1, 0.15) is 32.6 Å². The molecule has 2 aliphatic heterocycles. The van der Waals surface area contributed by atoms with Gasteiger partial charge in [0.15, 0.2) is 5.96 Å². The molecule has 2 saturated heterocycles. The molecule has 9 nitrogen and oxygen atoms in total. The van der Waals surface area contributed by atoms with Crippen molar-refractivity contribution in [2.75, 3.05) is 83.7 Å². The van der Waals surface area contributed by atoms with Crippen LogP contribution in [0.5, 0.6) is 0 Å². The normalized spacial score (nSPS) is 18.7. The Morgan fingerprint density at radius 3 is 2.66 bits per heavy atom. The number of ether oxygens (including phenoxy) is 2. The van der Waals surface area contributed by atoms with Crippen LogP contribution < -0.4 is 15.5 Å². The van der Waals surface area contributed by atoms with E-state index < -0.39 is 0 Å². The van der Waals surface area contributed by atoms with Gasteiger partial charge in [-0.3, -0.25) is 9.89 Å². The number of guanidine groups is 1. The number of anilines is 1. The first-order chi connectivity index (χ1) is 15.8. The molecule has 0 radical (unpaired) electrons. The van der Waals surface area contributed by atoms with Crippen molar-refractivity contribution in [1.82, 2.24) is 25.5 Å². The maximum Gasteiger partial charge on any atom is 0.225 e. The minimum atomic E-state index is 0.667. The van der Waals surface area contributed by atoms with Gasteiger partial charge in [-0.15, -0.1) is 0 Å². The minimum absolute atomic E-state index is 0.667. The number of nitrogens with one attached hydrogen (secondary N) is 2. The summed E-state index contributed by atoms with van der Waals surface area (Å²) in [4.78, 5) is 18.2. The van der Waals surface area contributed by atoms with Crippen LogP contribution in [-0.2, 0) is 9.47 Å². The van der Waals surface area contributed by atoms with Gasteiger partial charge in [0, 0.05) is 84.6 Å². The summed E-state index contributed by atoms with van der Waals surface area (Å²) in [6.07, 6.45) is 7.93. The van der Waals surface area contributed by atoms with Crippen LogP contribution in [0.4, 0.5) is 5.95 Å². The minimum Gasteiger partial charge on any atom is -0.381 e. The molecule has 0 amide bonds. The van der Waals surface area contributed by atoms with E-state index in [1.54, 1.807) is 0 Å². The van der Waals surface area contributed by atoms with Gasteiger partial charge in [0.25, 0.3) is 0 Å². The highest BCUT2D eigenvalue weighted by molar-refractivity contribution is 5.79. The summed E-state index contributed by atoms with van der Waals surface area (Å²) in [6, 6.07) is 1.86. The van der Waals surface area contributed by atoms with Crippen molar-refractivity contribution >= 4 is 11.9 Å². The highest BCUT2D eigenvalue weighted by atomic mass is 16.5. The fourth-order valence-corrected chi connectivity index (χ4v) is 4.00. The quantitative estimate of drug-likeness (QED) is 0.282. The lowest BCUT2D eigenvalue weighted by atomic mass is 10.0. The number of aromatic nitrogens is 2. The van der Waals surface area contributed by atoms with E-state index in [-0.39, 0.29) is 0 Å². The molecule has 3 rings (SSSR count). The number of nitrogens with zero attached hydrogens (tertiary/aromatic N) is 5. The third-order valence-corrected chi connectivity index (χ3v) is 5.91. The van der Waals surface area contributed by atoms with Gasteiger partial charge < -0.3 is 25.0 Å². The molecule has 0 saturated carbocycles. The third-order valence-electron chi connectivity index (χ3n) is 5.91. The van der Waals surface area contributed by atoms with Crippen molar-refractivity contribution in [3.8, 4) is 0 Å². The van der Waals surface area contributed by atoms with Crippen LogP contribution in [0.25, 0.3) is 0 Å². The Morgan fingerprint density at radius 2 is 1.91 bits per heavy atom. The smallest absolute Gasteiger partial charge is 0.225 e. The van der Waals surface area contributed by atoms with Gasteiger partial charge in [0.1, 0.15) is 0 Å². The highest BCUT2D eigenvalue weighted by Crippen LogP contribution is 2.14. The van der Waals surface area contributed by atoms with Crippen molar-refractivity contribution < 1.29 is 9.47 Å². The second-order valence-corrected chi connectivity index (χ2v) is 8.40. The van der Waals surface area contributed by atoms with Crippen molar-refractivity contribution in [3.63, 3.8) is 0 Å². The monoisotopic (exact) mass is 447 g/mol. The molecule has 0 spiro atoms. The Kier molecular flexibility index (Phi) is 11.5. The topological polar surface area (TPSA) is 87.1 Å². The zero-order valence-corrected chi connectivity index (χ0v) is 19.7. The van der Waals surface area contributed by atoms with Gasteiger partial charge in [-0.25, -0.2) is 9.97 Å². The molecule has 0 unspecified atom stereocenters. The van der Waals surface area contributed by atoms with E-state index in [4.69, 9.17) is 9.47 Å². The average molecular weight is 448 g/mol. The Morgan fingerprint density at radius 1 is 1.12 bits per heavy atom. The molecule has 0 bridgehead atoms. The number of hydrogen-bond donors (Lipinski definition) is 2. The zero-order valence-electron chi connectivity index (χ0n) is 19.7. The molecule has 3 heterocycles. The maximum atomic E-state index is 5.83. The van der Waals surface area contributed by atoms with E-state index in [0.29, 0.717) is 5.92 Å². The molecule has 2 fully saturated rings. The van der Waals surface area contributed by atoms with Crippen LogP contribution in [0, 0.1) is 5.92 Å². The molecule has 32 heavy (non-hydrogen) atoms. The van der Waals surface area contributed by atoms with Gasteiger partial charge in [-0.1, -0.05) is 0 Å². The van der Waals surface area contributed by atoms with E-state index in [1.807, 2.05) is 18.5 Å². The van der Waals surface area contributed by atoms with E-state index in [2.05, 4.69) is 42.3 Å². The molecule has 0 aromatic carbocycles. The first-order valence-corrected chi connectivity index (χ1v) is 12.3. The van der Waals surface area contributed by atoms with Crippen molar-refractivity contribution in [2.24, 2.45) is 10.9 Å². The van der Waals surface area contributed by atoms with Gasteiger partial charge in [0.05, 0.1) is 0 Å². The number of rotatable bonds is 12. The predicted molar refractivity (Wildman–Crippen MR) is 128 cm³/mol. The van der Waals surface area contributed by atoms with Gasteiger partial charge in [-0.05, 0) is 51.1 Å². The molecular formula is C23H41N7O2. The van der Waals surface area contributed by atoms with Crippen LogP contribution in [0.15, 0.2) is 23.5 Å². The van der Waals surface area contributed by atoms with Crippen LogP contribution in [0.2, 0.25) is 0 Å². The standard InChI is InChI=1S/C23H41N7O2/c1-2-24-22(26-11-5-17-32-20-21-6-18-31-19-7-21)25-10-4-12-29-13-15-30(16-14-29)23-27-8-3-9-28-23/h3,8-9,21H,2,4-7,10-20H2,1H3,(H2,24,25,26). The predicted octanol–water partition coefficient (Wildman–Crippen LogP) is 1.38. The Balaban J connectivity index is 1.23. The van der Waals surface area contributed by atoms with Crippen molar-refractivity contribution in [3.05, 3.63) is 18.5 Å². The van der Waals surface area contributed by atoms with E-state index in [1.165, 1.54) is 0 Å². The SMILES string of the molecule is CCNC(=NCCCOCC1CCOCC1)NCCCN1CCN(c2ncccn2)CC1. The average Bonchev–Trinajstić information content (AvgIpc) is 2.85. The molecule has 0 atom stereocenters. The number of aliphatic imine (C=N–C) groups is 1. The Labute approximate surface area is 193 Å². The van der Waals surface area contributed by atoms with E-state index in [9.17, 15) is 0 Å². The third kappa shape index (κ3) is 9.26. The molecule has 1 aromatic rings. The van der Waals surface area contributed by atoms with Crippen LogP contribution in [-0.4, -0.2) is 99.6 Å². The Hall–Kier alpha value is -1.97. The van der Waals surface area contributed by atoms with Crippen LogP contribution >= 0.6 is 0 Å². The largest absolute Gasteiger partial charge is 0.381 e. The molecule has 9 heteroatoms. The maximum absolute atomic E-state index is 5.83. The van der Waals surface area contributed by atoms with E-state index >= 15 is 0 Å². The Bertz CT molecular complexity index is 632. The number of piperazine rings is 1. The first kappa shape index (κ1) is 24.7. The van der Waals surface area contributed by atoms with Gasteiger partial charge in [-0.2, -0.15) is 0 Å². The molecule has 0 aliphatic carbocycles. The fraction of sp³-hybridized carbons (Fsp3) is 0.783. The van der Waals surface area contributed by atoms with Gasteiger partial charge in [0.2, 0.25) is 5.95 Å². The first-order valence-electron chi connectivity index (χ1n) is 12.3. The lowest BCUT2D eigenvalue weighted by Gasteiger charge is -2.34. The lowest BCUT2D eigenvalue weighted by Crippen LogP contribution is -2.47. The summed E-state index contributed by atoms with van der Waals surface area (Å²) in [5.41, 5.74) is 0. The second kappa shape index (κ2) is 15.0. The van der Waals surface area contributed by atoms with Crippen LogP contribution in [0.3, 0.4) is 0 Å². The summed E-state index contributed by atoms with van der Waals surface area (Å²) in [5, 5.41) is 6.80. The molecular weight excluding hydrogens is 406 g/mol. The second-order valence-electron chi connectivity index (χ2n) is 8.40. The molecule has 2 aliphatic rings. The number of hydrogen-bond acceptors (Lipinski definition) is 7. The van der Waals surface area contributed by atoms with Gasteiger partial charge >= 0.3 is 0 Å². The zero-order chi connectivity index (χ0) is 22.3. The summed E-state index contributed by atoms with van der Waals surface area (Å²) in [7, 11) is 0. The summed E-state index contributed by atoms with van der Waals surface area (Å²) in [5.74, 6) is 2.41. The van der Waals surface area contributed by atoms with Crippen molar-refractivity contribution in [1.29, 1.82) is 0 Å². The summed E-state index contributed by atoms with van der Waals surface area (Å²) in [6.45, 7) is 13.3. The summed E-state index contributed by atoms with van der Waals surface area (Å²) < 4.78 is 11.2. The van der Waals surface area contributed by atoms with E-state index in [0.717, 1.165) is 116 Å².